The second-order valence-corrected chi connectivity index (χ2v) is 7.21. The standard InChI is InChI=1S/C19H20F2N2O3S/c1-25-14-8-5-7-13(17(14)26-19(20)21)11-22-23-18(24)16-10-12-6-3-2-4-9-15(12)27-16/h5,7-8,10-11,19H,2-4,6,9H2,1H3,(H,23,24)/b22-11-. The molecule has 0 aliphatic heterocycles. The third-order valence-electron chi connectivity index (χ3n) is 4.28. The van der Waals surface area contributed by atoms with Gasteiger partial charge in [0.25, 0.3) is 5.91 Å². The number of hydrogen-bond donors (Lipinski definition) is 1. The zero-order valence-corrected chi connectivity index (χ0v) is 15.7. The predicted molar refractivity (Wildman–Crippen MR) is 100 cm³/mol. The van der Waals surface area contributed by atoms with Crippen LogP contribution in [0.2, 0.25) is 0 Å². The van der Waals surface area contributed by atoms with Crippen LogP contribution in [0.5, 0.6) is 11.5 Å². The number of hydrogen-bond acceptors (Lipinski definition) is 5. The van der Waals surface area contributed by atoms with E-state index in [9.17, 15) is 13.6 Å². The Balaban J connectivity index is 1.71. The minimum atomic E-state index is -3.00. The Hall–Kier alpha value is -2.48. The smallest absolute Gasteiger partial charge is 0.387 e. The molecule has 1 aromatic heterocycles. The van der Waals surface area contributed by atoms with Crippen molar-refractivity contribution in [2.24, 2.45) is 5.10 Å². The molecule has 0 unspecified atom stereocenters. The molecular formula is C19H20F2N2O3S. The zero-order chi connectivity index (χ0) is 19.2. The van der Waals surface area contributed by atoms with Crippen molar-refractivity contribution in [2.75, 3.05) is 7.11 Å². The molecule has 1 amide bonds. The van der Waals surface area contributed by atoms with E-state index in [-0.39, 0.29) is 23.0 Å². The van der Waals surface area contributed by atoms with Crippen LogP contribution in [0, 0.1) is 0 Å². The van der Waals surface area contributed by atoms with Crippen LogP contribution in [0.4, 0.5) is 8.78 Å². The number of carbonyl (C=O) groups is 1. The highest BCUT2D eigenvalue weighted by Gasteiger charge is 2.17. The number of nitrogens with one attached hydrogen (secondary N) is 1. The van der Waals surface area contributed by atoms with E-state index >= 15 is 0 Å². The number of alkyl halides is 2. The van der Waals surface area contributed by atoms with E-state index in [0.29, 0.717) is 4.88 Å². The predicted octanol–water partition coefficient (Wildman–Crippen LogP) is 4.39. The molecule has 2 aromatic rings. The van der Waals surface area contributed by atoms with Crippen molar-refractivity contribution >= 4 is 23.5 Å². The number of rotatable bonds is 6. The lowest BCUT2D eigenvalue weighted by Crippen LogP contribution is -2.16. The highest BCUT2D eigenvalue weighted by molar-refractivity contribution is 7.14. The Labute approximate surface area is 160 Å². The fourth-order valence-electron chi connectivity index (χ4n) is 3.01. The summed E-state index contributed by atoms with van der Waals surface area (Å²) in [6, 6.07) is 6.60. The van der Waals surface area contributed by atoms with Crippen LogP contribution in [0.1, 0.15) is 44.9 Å². The Morgan fingerprint density at radius 3 is 2.89 bits per heavy atom. The first-order chi connectivity index (χ1) is 13.1. The van der Waals surface area contributed by atoms with Crippen molar-refractivity contribution in [3.8, 4) is 11.5 Å². The number of thiophene rings is 1. The molecular weight excluding hydrogens is 374 g/mol. The van der Waals surface area contributed by atoms with Crippen molar-refractivity contribution in [3.05, 3.63) is 45.1 Å². The average molecular weight is 394 g/mol. The monoisotopic (exact) mass is 394 g/mol. The molecule has 0 saturated carbocycles. The molecule has 0 spiro atoms. The Kier molecular flexibility index (Phi) is 6.39. The van der Waals surface area contributed by atoms with Gasteiger partial charge in [-0.1, -0.05) is 12.5 Å². The summed E-state index contributed by atoms with van der Waals surface area (Å²) < 4.78 is 34.8. The maximum absolute atomic E-state index is 12.6. The van der Waals surface area contributed by atoms with Crippen LogP contribution in [0.15, 0.2) is 29.4 Å². The normalized spacial score (nSPS) is 14.1. The molecule has 1 aromatic carbocycles. The van der Waals surface area contributed by atoms with Crippen molar-refractivity contribution in [2.45, 2.75) is 38.7 Å². The summed E-state index contributed by atoms with van der Waals surface area (Å²) >= 11 is 1.49. The molecule has 27 heavy (non-hydrogen) atoms. The van der Waals surface area contributed by atoms with Gasteiger partial charge in [-0.3, -0.25) is 4.79 Å². The minimum Gasteiger partial charge on any atom is -0.493 e. The summed E-state index contributed by atoms with van der Waals surface area (Å²) in [7, 11) is 1.36. The van der Waals surface area contributed by atoms with Gasteiger partial charge in [-0.25, -0.2) is 5.43 Å². The van der Waals surface area contributed by atoms with Crippen molar-refractivity contribution in [1.29, 1.82) is 0 Å². The summed E-state index contributed by atoms with van der Waals surface area (Å²) in [5.41, 5.74) is 3.96. The molecule has 3 rings (SSSR count). The van der Waals surface area contributed by atoms with Gasteiger partial charge < -0.3 is 9.47 Å². The number of ether oxygens (including phenoxy) is 2. The third-order valence-corrected chi connectivity index (χ3v) is 5.51. The summed E-state index contributed by atoms with van der Waals surface area (Å²) in [6.07, 6.45) is 6.78. The first kappa shape index (κ1) is 19.3. The maximum Gasteiger partial charge on any atom is 0.387 e. The molecule has 1 aliphatic carbocycles. The average Bonchev–Trinajstić information content (AvgIpc) is 2.93. The van der Waals surface area contributed by atoms with Gasteiger partial charge in [0.2, 0.25) is 0 Å². The summed E-state index contributed by atoms with van der Waals surface area (Å²) in [4.78, 5) is 14.2. The lowest BCUT2D eigenvalue weighted by Gasteiger charge is -2.11. The molecule has 0 bridgehead atoms. The molecule has 144 valence electrons. The minimum absolute atomic E-state index is 0.129. The van der Waals surface area contributed by atoms with Gasteiger partial charge in [0.1, 0.15) is 0 Å². The van der Waals surface area contributed by atoms with E-state index in [1.165, 1.54) is 47.6 Å². The fourth-order valence-corrected chi connectivity index (χ4v) is 4.15. The zero-order valence-electron chi connectivity index (χ0n) is 14.8. The Morgan fingerprint density at radius 1 is 1.30 bits per heavy atom. The van der Waals surface area contributed by atoms with Gasteiger partial charge in [0.05, 0.1) is 18.2 Å². The second kappa shape index (κ2) is 8.94. The van der Waals surface area contributed by atoms with E-state index in [2.05, 4.69) is 15.3 Å². The van der Waals surface area contributed by atoms with E-state index in [4.69, 9.17) is 4.74 Å². The van der Waals surface area contributed by atoms with Crippen LogP contribution in [0.3, 0.4) is 0 Å². The van der Waals surface area contributed by atoms with Crippen LogP contribution in [-0.4, -0.2) is 25.8 Å². The number of methoxy groups -OCH3 is 1. The quantitative estimate of drug-likeness (QED) is 0.449. The number of carbonyl (C=O) groups excluding carboxylic acids is 1. The number of fused-ring (bicyclic) bond motifs is 1. The number of benzene rings is 1. The van der Waals surface area contributed by atoms with Gasteiger partial charge >= 0.3 is 6.61 Å². The van der Waals surface area contributed by atoms with Crippen LogP contribution < -0.4 is 14.9 Å². The lowest BCUT2D eigenvalue weighted by molar-refractivity contribution is -0.0513. The molecule has 0 saturated heterocycles. The number of para-hydroxylation sites is 1. The molecule has 0 atom stereocenters. The van der Waals surface area contributed by atoms with Crippen LogP contribution in [-0.2, 0) is 12.8 Å². The van der Waals surface area contributed by atoms with Crippen LogP contribution in [0.25, 0.3) is 0 Å². The molecule has 1 N–H and O–H groups in total. The van der Waals surface area contributed by atoms with Gasteiger partial charge in [-0.05, 0) is 49.4 Å². The SMILES string of the molecule is COc1cccc(/C=N\NC(=O)c2cc3c(s2)CCCCC3)c1OC(F)F. The van der Waals surface area contributed by atoms with Gasteiger partial charge in [-0.15, -0.1) is 11.3 Å². The van der Waals surface area contributed by atoms with Gasteiger partial charge in [0.15, 0.2) is 11.5 Å². The molecule has 0 fully saturated rings. The van der Waals surface area contributed by atoms with Crippen LogP contribution >= 0.6 is 11.3 Å². The van der Waals surface area contributed by atoms with E-state index in [1.807, 2.05) is 6.07 Å². The highest BCUT2D eigenvalue weighted by Crippen LogP contribution is 2.31. The van der Waals surface area contributed by atoms with Crippen molar-refractivity contribution in [3.63, 3.8) is 0 Å². The van der Waals surface area contributed by atoms with E-state index in [1.54, 1.807) is 12.1 Å². The first-order valence-electron chi connectivity index (χ1n) is 8.65. The fraction of sp³-hybridized carbons (Fsp3) is 0.368. The molecule has 1 heterocycles. The first-order valence-corrected chi connectivity index (χ1v) is 9.47. The molecule has 8 heteroatoms. The number of aryl methyl sites for hydroxylation is 2. The van der Waals surface area contributed by atoms with Gasteiger partial charge in [-0.2, -0.15) is 13.9 Å². The molecule has 1 aliphatic rings. The second-order valence-electron chi connectivity index (χ2n) is 6.08. The number of nitrogens with zero attached hydrogens (tertiary/aromatic N) is 1. The Bertz CT molecular complexity index is 813. The highest BCUT2D eigenvalue weighted by atomic mass is 32.1. The summed E-state index contributed by atoms with van der Waals surface area (Å²) in [5, 5.41) is 3.89. The van der Waals surface area contributed by atoms with Gasteiger partial charge in [0, 0.05) is 10.4 Å². The number of hydrazone groups is 1. The van der Waals surface area contributed by atoms with Crippen molar-refractivity contribution < 1.29 is 23.0 Å². The third kappa shape index (κ3) is 4.82. The summed E-state index contributed by atoms with van der Waals surface area (Å²) in [6.45, 7) is -3.00. The van der Waals surface area contributed by atoms with E-state index in [0.717, 1.165) is 25.7 Å². The molecule has 0 radical (unpaired) electrons. The Morgan fingerprint density at radius 2 is 2.11 bits per heavy atom. The number of amides is 1. The molecule has 5 nitrogen and oxygen atoms in total. The van der Waals surface area contributed by atoms with Crippen molar-refractivity contribution in [1.82, 2.24) is 5.43 Å². The topological polar surface area (TPSA) is 59.9 Å². The van der Waals surface area contributed by atoms with E-state index < -0.39 is 6.61 Å². The maximum atomic E-state index is 12.6. The lowest BCUT2D eigenvalue weighted by atomic mass is 10.1. The largest absolute Gasteiger partial charge is 0.493 e. The summed E-state index contributed by atoms with van der Waals surface area (Å²) in [5.74, 6) is -0.285. The number of halogens is 2.